The molecule has 106 valence electrons. The molecule has 0 unspecified atom stereocenters. The normalized spacial score (nSPS) is 21.3. The highest BCUT2D eigenvalue weighted by atomic mass is 19.4. The molecule has 1 aliphatic carbocycles. The van der Waals surface area contributed by atoms with Crippen molar-refractivity contribution in [3.63, 3.8) is 0 Å². The lowest BCUT2D eigenvalue weighted by molar-refractivity contribution is -0.181. The Labute approximate surface area is 110 Å². The number of fused-ring (bicyclic) bond motifs is 1. The Kier molecular flexibility index (Phi) is 2.89. The standard InChI is InChI=1S/C13H18F3N3/c1-2-3-11-18-9-8-17-7-4-10(9)19(11)12(5-6-12)13(14,15)16/h17H,2-8H2,1H3. The summed E-state index contributed by atoms with van der Waals surface area (Å²) in [5.74, 6) is 0.617. The van der Waals surface area contributed by atoms with Gasteiger partial charge in [-0.3, -0.25) is 0 Å². The van der Waals surface area contributed by atoms with E-state index in [1.54, 1.807) is 0 Å². The number of nitrogens with one attached hydrogen (secondary N) is 1. The van der Waals surface area contributed by atoms with Crippen LogP contribution in [0.25, 0.3) is 0 Å². The average molecular weight is 273 g/mol. The highest BCUT2D eigenvalue weighted by Gasteiger charge is 2.66. The molecule has 3 rings (SSSR count). The summed E-state index contributed by atoms with van der Waals surface area (Å²) >= 11 is 0. The van der Waals surface area contributed by atoms with Gasteiger partial charge in [-0.05, 0) is 19.3 Å². The van der Waals surface area contributed by atoms with Gasteiger partial charge < -0.3 is 9.88 Å². The van der Waals surface area contributed by atoms with E-state index in [2.05, 4.69) is 10.3 Å². The fraction of sp³-hybridized carbons (Fsp3) is 0.769. The van der Waals surface area contributed by atoms with E-state index in [1.165, 1.54) is 4.57 Å². The number of hydrogen-bond donors (Lipinski definition) is 1. The number of hydrogen-bond acceptors (Lipinski definition) is 2. The van der Waals surface area contributed by atoms with Gasteiger partial charge in [-0.1, -0.05) is 6.92 Å². The first-order chi connectivity index (χ1) is 8.99. The van der Waals surface area contributed by atoms with Crippen molar-refractivity contribution in [3.05, 3.63) is 17.2 Å². The van der Waals surface area contributed by atoms with Crippen LogP contribution in [0.4, 0.5) is 13.2 Å². The summed E-state index contributed by atoms with van der Waals surface area (Å²) in [7, 11) is 0. The molecule has 0 bridgehead atoms. The van der Waals surface area contributed by atoms with E-state index in [0.717, 1.165) is 24.4 Å². The SMILES string of the molecule is CCCc1nc2c(n1C1(C(F)(F)F)CC1)CCNC2. The van der Waals surface area contributed by atoms with Crippen molar-refractivity contribution in [2.75, 3.05) is 6.54 Å². The molecule has 1 saturated carbocycles. The Balaban J connectivity index is 2.11. The number of alkyl halides is 3. The molecule has 2 aliphatic rings. The molecule has 0 saturated heterocycles. The third-order valence-electron chi connectivity index (χ3n) is 4.11. The van der Waals surface area contributed by atoms with Crippen LogP contribution in [0.3, 0.4) is 0 Å². The van der Waals surface area contributed by atoms with E-state index in [0.29, 0.717) is 25.2 Å². The largest absolute Gasteiger partial charge is 0.411 e. The molecule has 0 amide bonds. The number of imidazole rings is 1. The van der Waals surface area contributed by atoms with E-state index in [1.807, 2.05) is 6.92 Å². The molecule has 0 spiro atoms. The summed E-state index contributed by atoms with van der Waals surface area (Å²) in [6.45, 7) is 3.30. The van der Waals surface area contributed by atoms with Crippen LogP contribution in [-0.4, -0.2) is 22.3 Å². The van der Waals surface area contributed by atoms with Gasteiger partial charge in [-0.15, -0.1) is 0 Å². The van der Waals surface area contributed by atoms with Crippen molar-refractivity contribution in [1.82, 2.24) is 14.9 Å². The minimum absolute atomic E-state index is 0.198. The van der Waals surface area contributed by atoms with Crippen LogP contribution in [0, 0.1) is 0 Å². The minimum atomic E-state index is -4.17. The Morgan fingerprint density at radius 1 is 1.37 bits per heavy atom. The molecular formula is C13H18F3N3. The molecule has 0 atom stereocenters. The first-order valence-corrected chi connectivity index (χ1v) is 6.87. The van der Waals surface area contributed by atoms with E-state index < -0.39 is 11.7 Å². The van der Waals surface area contributed by atoms with E-state index >= 15 is 0 Å². The second-order valence-electron chi connectivity index (χ2n) is 5.46. The number of nitrogens with zero attached hydrogens (tertiary/aromatic N) is 2. The predicted molar refractivity (Wildman–Crippen MR) is 64.9 cm³/mol. The van der Waals surface area contributed by atoms with Gasteiger partial charge in [-0.25, -0.2) is 4.98 Å². The van der Waals surface area contributed by atoms with E-state index in [4.69, 9.17) is 0 Å². The highest BCUT2D eigenvalue weighted by molar-refractivity contribution is 5.26. The minimum Gasteiger partial charge on any atom is -0.316 e. The maximum absolute atomic E-state index is 13.4. The van der Waals surface area contributed by atoms with Crippen LogP contribution < -0.4 is 5.32 Å². The van der Waals surface area contributed by atoms with Gasteiger partial charge in [0.05, 0.1) is 5.69 Å². The van der Waals surface area contributed by atoms with Crippen LogP contribution >= 0.6 is 0 Å². The fourth-order valence-electron chi connectivity index (χ4n) is 3.02. The zero-order valence-electron chi connectivity index (χ0n) is 11.0. The van der Waals surface area contributed by atoms with Gasteiger partial charge in [0, 0.05) is 31.6 Å². The average Bonchev–Trinajstić information content (AvgIpc) is 3.06. The van der Waals surface area contributed by atoms with Gasteiger partial charge in [0.2, 0.25) is 0 Å². The third-order valence-corrected chi connectivity index (χ3v) is 4.11. The number of rotatable bonds is 3. The fourth-order valence-corrected chi connectivity index (χ4v) is 3.02. The molecular weight excluding hydrogens is 255 g/mol. The second kappa shape index (κ2) is 4.23. The first kappa shape index (κ1) is 13.0. The van der Waals surface area contributed by atoms with E-state index in [-0.39, 0.29) is 12.8 Å². The Morgan fingerprint density at radius 2 is 2.11 bits per heavy atom. The van der Waals surface area contributed by atoms with Gasteiger partial charge in [0.15, 0.2) is 0 Å². The number of aromatic nitrogens is 2. The Hall–Kier alpha value is -1.04. The van der Waals surface area contributed by atoms with Crippen molar-refractivity contribution in [2.45, 2.75) is 57.3 Å². The van der Waals surface area contributed by atoms with Crippen LogP contribution in [0.2, 0.25) is 0 Å². The Bertz CT molecular complexity index is 486. The molecule has 2 heterocycles. The summed E-state index contributed by atoms with van der Waals surface area (Å²) in [5.41, 5.74) is -0.0441. The molecule has 19 heavy (non-hydrogen) atoms. The summed E-state index contributed by atoms with van der Waals surface area (Å²) < 4.78 is 41.7. The number of halogens is 3. The van der Waals surface area contributed by atoms with Crippen LogP contribution in [-0.2, 0) is 24.9 Å². The summed E-state index contributed by atoms with van der Waals surface area (Å²) in [6.07, 6.45) is -1.70. The second-order valence-corrected chi connectivity index (χ2v) is 5.46. The van der Waals surface area contributed by atoms with E-state index in [9.17, 15) is 13.2 Å². The highest BCUT2D eigenvalue weighted by Crippen LogP contribution is 2.56. The molecule has 1 N–H and O–H groups in total. The van der Waals surface area contributed by atoms with Gasteiger partial charge >= 0.3 is 6.18 Å². The van der Waals surface area contributed by atoms with Crippen molar-refractivity contribution < 1.29 is 13.2 Å². The topological polar surface area (TPSA) is 29.9 Å². The van der Waals surface area contributed by atoms with Crippen LogP contribution in [0.5, 0.6) is 0 Å². The monoisotopic (exact) mass is 273 g/mol. The summed E-state index contributed by atoms with van der Waals surface area (Å²) in [5, 5.41) is 3.18. The van der Waals surface area contributed by atoms with Gasteiger partial charge in [0.1, 0.15) is 11.4 Å². The molecule has 6 heteroatoms. The van der Waals surface area contributed by atoms with Crippen molar-refractivity contribution in [2.24, 2.45) is 0 Å². The summed E-state index contributed by atoms with van der Waals surface area (Å²) in [4.78, 5) is 4.46. The maximum Gasteiger partial charge on any atom is 0.411 e. The maximum atomic E-state index is 13.4. The van der Waals surface area contributed by atoms with Crippen LogP contribution in [0.15, 0.2) is 0 Å². The van der Waals surface area contributed by atoms with Crippen molar-refractivity contribution in [1.29, 1.82) is 0 Å². The van der Waals surface area contributed by atoms with Crippen molar-refractivity contribution in [3.8, 4) is 0 Å². The third kappa shape index (κ3) is 1.88. The first-order valence-electron chi connectivity index (χ1n) is 6.87. The zero-order chi connectivity index (χ0) is 13.7. The molecule has 1 aromatic heterocycles. The quantitative estimate of drug-likeness (QED) is 0.917. The molecule has 3 nitrogen and oxygen atoms in total. The lowest BCUT2D eigenvalue weighted by atomic mass is 10.1. The predicted octanol–water partition coefficient (Wildman–Crippen LogP) is 2.53. The Morgan fingerprint density at radius 3 is 2.68 bits per heavy atom. The lowest BCUT2D eigenvalue weighted by Crippen LogP contribution is -2.38. The summed E-state index contributed by atoms with van der Waals surface area (Å²) in [6, 6.07) is 0. The number of aryl methyl sites for hydroxylation is 1. The molecule has 1 aliphatic heterocycles. The van der Waals surface area contributed by atoms with Gasteiger partial charge in [0.25, 0.3) is 0 Å². The smallest absolute Gasteiger partial charge is 0.316 e. The molecule has 0 aromatic carbocycles. The molecule has 1 fully saturated rings. The van der Waals surface area contributed by atoms with Crippen molar-refractivity contribution >= 4 is 0 Å². The zero-order valence-corrected chi connectivity index (χ0v) is 11.0. The lowest BCUT2D eigenvalue weighted by Gasteiger charge is -2.26. The molecule has 1 aromatic rings. The molecule has 0 radical (unpaired) electrons. The van der Waals surface area contributed by atoms with Gasteiger partial charge in [-0.2, -0.15) is 13.2 Å². The van der Waals surface area contributed by atoms with Crippen LogP contribution in [0.1, 0.15) is 43.4 Å².